The van der Waals surface area contributed by atoms with Crippen molar-refractivity contribution in [1.82, 2.24) is 5.32 Å². The lowest BCUT2D eigenvalue weighted by molar-refractivity contribution is -0.120. The molecule has 108 valence electrons. The van der Waals surface area contributed by atoms with Gasteiger partial charge in [-0.25, -0.2) is 0 Å². The maximum atomic E-state index is 11.3. The SMILES string of the molecule is CC[C@H](NC(=O)CN)c1cc(Br)cc(Br)c1O.CI. The fourth-order valence-corrected chi connectivity index (χ4v) is 2.76. The number of nitrogens with one attached hydrogen (secondary N) is 1. The van der Waals surface area contributed by atoms with E-state index in [-0.39, 0.29) is 24.2 Å². The quantitative estimate of drug-likeness (QED) is 0.431. The van der Waals surface area contributed by atoms with Gasteiger partial charge >= 0.3 is 0 Å². The fraction of sp³-hybridized carbons (Fsp3) is 0.417. The molecular weight excluding hydrogens is 491 g/mol. The Balaban J connectivity index is 0.00000154. The second-order valence-electron chi connectivity index (χ2n) is 3.56. The molecule has 0 spiro atoms. The zero-order chi connectivity index (χ0) is 15.0. The van der Waals surface area contributed by atoms with Gasteiger partial charge in [0.15, 0.2) is 0 Å². The van der Waals surface area contributed by atoms with Crippen LogP contribution < -0.4 is 11.1 Å². The van der Waals surface area contributed by atoms with E-state index in [4.69, 9.17) is 5.73 Å². The highest BCUT2D eigenvalue weighted by Gasteiger charge is 2.18. The van der Waals surface area contributed by atoms with E-state index in [0.717, 1.165) is 4.47 Å². The normalized spacial score (nSPS) is 11.3. The fourth-order valence-electron chi connectivity index (χ4n) is 1.50. The second-order valence-corrected chi connectivity index (χ2v) is 5.33. The molecule has 0 aliphatic heterocycles. The number of phenols is 1. The average molecular weight is 508 g/mol. The number of halogens is 3. The van der Waals surface area contributed by atoms with Gasteiger partial charge in [-0.2, -0.15) is 0 Å². The monoisotopic (exact) mass is 506 g/mol. The van der Waals surface area contributed by atoms with Crippen LogP contribution in [0, 0.1) is 0 Å². The van der Waals surface area contributed by atoms with E-state index in [2.05, 4.69) is 59.8 Å². The van der Waals surface area contributed by atoms with Gasteiger partial charge in [-0.1, -0.05) is 45.4 Å². The lowest BCUT2D eigenvalue weighted by atomic mass is 10.0. The van der Waals surface area contributed by atoms with E-state index in [1.54, 1.807) is 12.1 Å². The van der Waals surface area contributed by atoms with Crippen LogP contribution in [0.3, 0.4) is 0 Å². The summed E-state index contributed by atoms with van der Waals surface area (Å²) in [5, 5.41) is 12.7. The van der Waals surface area contributed by atoms with Gasteiger partial charge in [0.1, 0.15) is 5.75 Å². The number of phenolic OH excluding ortho intramolecular Hbond substituents is 1. The minimum absolute atomic E-state index is 0.0631. The first-order chi connectivity index (χ1) is 8.99. The Morgan fingerprint density at radius 1 is 1.47 bits per heavy atom. The Bertz CT molecular complexity index is 430. The highest BCUT2D eigenvalue weighted by molar-refractivity contribution is 14.1. The van der Waals surface area contributed by atoms with Crippen LogP contribution in [0.4, 0.5) is 0 Å². The highest BCUT2D eigenvalue weighted by atomic mass is 127. The van der Waals surface area contributed by atoms with Gasteiger partial charge in [-0.3, -0.25) is 4.79 Å². The van der Waals surface area contributed by atoms with Crippen LogP contribution in [0.1, 0.15) is 24.9 Å². The third kappa shape index (κ3) is 5.97. The highest BCUT2D eigenvalue weighted by Crippen LogP contribution is 2.36. The van der Waals surface area contributed by atoms with Crippen molar-refractivity contribution in [2.24, 2.45) is 5.73 Å². The summed E-state index contributed by atoms with van der Waals surface area (Å²) in [6, 6.07) is 3.28. The molecule has 1 aromatic rings. The van der Waals surface area contributed by atoms with E-state index in [1.165, 1.54) is 0 Å². The maximum absolute atomic E-state index is 11.3. The molecule has 0 fully saturated rings. The molecule has 19 heavy (non-hydrogen) atoms. The second kappa shape index (κ2) is 9.95. The molecule has 0 radical (unpaired) electrons. The van der Waals surface area contributed by atoms with Crippen LogP contribution in [0.25, 0.3) is 0 Å². The largest absolute Gasteiger partial charge is 0.506 e. The van der Waals surface area contributed by atoms with Gasteiger partial charge in [0.05, 0.1) is 17.1 Å². The number of alkyl halides is 1. The number of aromatic hydroxyl groups is 1. The Morgan fingerprint density at radius 2 is 2.05 bits per heavy atom. The molecule has 0 aliphatic rings. The molecule has 0 aromatic heterocycles. The molecule has 4 N–H and O–H groups in total. The summed E-state index contributed by atoms with van der Waals surface area (Å²) in [6.45, 7) is 1.86. The molecule has 0 saturated heterocycles. The van der Waals surface area contributed by atoms with Crippen LogP contribution in [0.2, 0.25) is 0 Å². The summed E-state index contributed by atoms with van der Waals surface area (Å²) in [5.41, 5.74) is 5.92. The molecule has 1 atom stereocenters. The third-order valence-electron chi connectivity index (χ3n) is 2.36. The van der Waals surface area contributed by atoms with Gasteiger partial charge in [0.2, 0.25) is 5.91 Å². The van der Waals surface area contributed by atoms with Crippen LogP contribution >= 0.6 is 54.5 Å². The van der Waals surface area contributed by atoms with Crippen LogP contribution in [-0.2, 0) is 4.79 Å². The average Bonchev–Trinajstić information content (AvgIpc) is 2.42. The van der Waals surface area contributed by atoms with Crippen molar-refractivity contribution in [2.75, 3.05) is 11.5 Å². The molecule has 0 aliphatic carbocycles. The number of hydrogen-bond acceptors (Lipinski definition) is 3. The van der Waals surface area contributed by atoms with E-state index in [9.17, 15) is 9.90 Å². The van der Waals surface area contributed by atoms with Crippen molar-refractivity contribution in [2.45, 2.75) is 19.4 Å². The topological polar surface area (TPSA) is 75.4 Å². The molecule has 1 rings (SSSR count). The number of carbonyl (C=O) groups is 1. The minimum Gasteiger partial charge on any atom is -0.506 e. The van der Waals surface area contributed by atoms with Gasteiger partial charge in [0.25, 0.3) is 0 Å². The summed E-state index contributed by atoms with van der Waals surface area (Å²) in [4.78, 5) is 13.3. The lowest BCUT2D eigenvalue weighted by Gasteiger charge is -2.19. The van der Waals surface area contributed by atoms with E-state index < -0.39 is 0 Å². The Hall–Kier alpha value is 0.140. The standard InChI is InChI=1S/C11H14Br2N2O2.CH3I/c1-2-9(15-10(16)5-14)7-3-6(12)4-8(13)11(7)17;1-2/h3-4,9,17H,2,5,14H2,1H3,(H,15,16);1H3/t9-;/m0./s1. The number of rotatable bonds is 4. The number of amides is 1. The zero-order valence-electron chi connectivity index (χ0n) is 10.7. The number of benzene rings is 1. The third-order valence-corrected chi connectivity index (χ3v) is 3.42. The Kier molecular flexibility index (Phi) is 10.0. The Labute approximate surface area is 143 Å². The van der Waals surface area contributed by atoms with Crippen molar-refractivity contribution in [3.05, 3.63) is 26.6 Å². The van der Waals surface area contributed by atoms with Crippen LogP contribution in [0.15, 0.2) is 21.1 Å². The first-order valence-electron chi connectivity index (χ1n) is 5.54. The number of carbonyl (C=O) groups excluding carboxylic acids is 1. The molecule has 1 aromatic carbocycles. The van der Waals surface area contributed by atoms with E-state index >= 15 is 0 Å². The predicted octanol–water partition coefficient (Wildman–Crippen LogP) is 3.49. The predicted molar refractivity (Wildman–Crippen MR) is 93.7 cm³/mol. The molecule has 4 nitrogen and oxygen atoms in total. The van der Waals surface area contributed by atoms with Gasteiger partial charge in [-0.05, 0) is 39.4 Å². The maximum Gasteiger partial charge on any atom is 0.234 e. The first-order valence-corrected chi connectivity index (χ1v) is 9.29. The summed E-state index contributed by atoms with van der Waals surface area (Å²) in [7, 11) is 0. The zero-order valence-corrected chi connectivity index (χ0v) is 16.0. The molecular formula is C12H17Br2IN2O2. The molecule has 0 heterocycles. The molecule has 0 bridgehead atoms. The summed E-state index contributed by atoms with van der Waals surface area (Å²) in [6.07, 6.45) is 0.669. The number of nitrogens with two attached hydrogens (primary N) is 1. The number of hydrogen-bond donors (Lipinski definition) is 3. The van der Waals surface area contributed by atoms with E-state index in [1.807, 2.05) is 11.9 Å². The Morgan fingerprint density at radius 3 is 2.53 bits per heavy atom. The minimum atomic E-state index is -0.250. The first kappa shape index (κ1) is 19.1. The smallest absolute Gasteiger partial charge is 0.234 e. The molecule has 7 heteroatoms. The van der Waals surface area contributed by atoms with Crippen LogP contribution in [-0.4, -0.2) is 22.5 Å². The van der Waals surface area contributed by atoms with Crippen molar-refractivity contribution >= 4 is 60.4 Å². The van der Waals surface area contributed by atoms with Crippen molar-refractivity contribution in [3.63, 3.8) is 0 Å². The van der Waals surface area contributed by atoms with Crippen molar-refractivity contribution in [1.29, 1.82) is 0 Å². The van der Waals surface area contributed by atoms with Gasteiger partial charge < -0.3 is 16.2 Å². The van der Waals surface area contributed by atoms with E-state index in [0.29, 0.717) is 16.5 Å². The van der Waals surface area contributed by atoms with Crippen molar-refractivity contribution in [3.8, 4) is 5.75 Å². The summed E-state index contributed by atoms with van der Waals surface area (Å²) in [5.74, 6) is -0.107. The summed E-state index contributed by atoms with van der Waals surface area (Å²) < 4.78 is 1.42. The lowest BCUT2D eigenvalue weighted by Crippen LogP contribution is -2.33. The van der Waals surface area contributed by atoms with Crippen LogP contribution in [0.5, 0.6) is 5.75 Å². The van der Waals surface area contributed by atoms with Gasteiger partial charge in [0, 0.05) is 10.0 Å². The van der Waals surface area contributed by atoms with Gasteiger partial charge in [-0.15, -0.1) is 0 Å². The van der Waals surface area contributed by atoms with Crippen molar-refractivity contribution < 1.29 is 9.90 Å². The summed E-state index contributed by atoms with van der Waals surface area (Å²) >= 11 is 8.76. The molecule has 1 amide bonds. The molecule has 0 unspecified atom stereocenters. The molecule has 0 saturated carbocycles.